The molecule has 0 heterocycles. The van der Waals surface area contributed by atoms with Crippen LogP contribution in [0.5, 0.6) is 0 Å². The van der Waals surface area contributed by atoms with Crippen LogP contribution in [-0.2, 0) is 0 Å². The Morgan fingerprint density at radius 2 is 1.30 bits per heavy atom. The summed E-state index contributed by atoms with van der Waals surface area (Å²) in [4.78, 5) is 11.9. The highest BCUT2D eigenvalue weighted by atomic mass is 35.5. The standard InChI is InChI=1S/C13H4ClF5O/c14-7-4-9(17)8(16)3-6(7)13(20)12-10(18)1-5(15)2-11(12)19/h1-4H. The molecule has 0 radical (unpaired) electrons. The topological polar surface area (TPSA) is 17.1 Å². The Hall–Kier alpha value is -1.95. The minimum absolute atomic E-state index is 0.296. The van der Waals surface area contributed by atoms with Gasteiger partial charge in [0.2, 0.25) is 5.78 Å². The lowest BCUT2D eigenvalue weighted by molar-refractivity contribution is 0.103. The number of benzene rings is 2. The predicted octanol–water partition coefficient (Wildman–Crippen LogP) is 4.27. The molecule has 2 aromatic rings. The van der Waals surface area contributed by atoms with E-state index < -0.39 is 51.0 Å². The van der Waals surface area contributed by atoms with Gasteiger partial charge in [-0.05, 0) is 12.1 Å². The number of carbonyl (C=O) groups excluding carboxylic acids is 1. The molecule has 2 aromatic carbocycles. The SMILES string of the molecule is O=C(c1cc(F)c(F)cc1Cl)c1c(F)cc(F)cc1F. The van der Waals surface area contributed by atoms with Gasteiger partial charge in [0.15, 0.2) is 11.6 Å². The first-order valence-corrected chi connectivity index (χ1v) is 5.53. The third-order valence-corrected chi connectivity index (χ3v) is 2.80. The van der Waals surface area contributed by atoms with Gasteiger partial charge in [-0.1, -0.05) is 11.6 Å². The van der Waals surface area contributed by atoms with Gasteiger partial charge < -0.3 is 0 Å². The number of ketones is 1. The first-order chi connectivity index (χ1) is 9.31. The highest BCUT2D eigenvalue weighted by Gasteiger charge is 2.23. The molecule has 0 fully saturated rings. The van der Waals surface area contributed by atoms with E-state index in [0.29, 0.717) is 24.3 Å². The molecule has 0 aromatic heterocycles. The lowest BCUT2D eigenvalue weighted by Gasteiger charge is -2.07. The Balaban J connectivity index is 2.61. The molecule has 20 heavy (non-hydrogen) atoms. The fraction of sp³-hybridized carbons (Fsp3) is 0. The van der Waals surface area contributed by atoms with E-state index in [1.807, 2.05) is 0 Å². The normalized spacial score (nSPS) is 10.7. The number of carbonyl (C=O) groups is 1. The summed E-state index contributed by atoms with van der Waals surface area (Å²) >= 11 is 5.54. The zero-order valence-electron chi connectivity index (χ0n) is 9.49. The van der Waals surface area contributed by atoms with Crippen molar-refractivity contribution < 1.29 is 26.7 Å². The summed E-state index contributed by atoms with van der Waals surface area (Å²) in [7, 11) is 0. The van der Waals surface area contributed by atoms with Crippen molar-refractivity contribution in [2.24, 2.45) is 0 Å². The van der Waals surface area contributed by atoms with Crippen molar-refractivity contribution in [3.05, 3.63) is 69.5 Å². The van der Waals surface area contributed by atoms with E-state index in [1.165, 1.54) is 0 Å². The van der Waals surface area contributed by atoms with Gasteiger partial charge in [0, 0.05) is 17.7 Å². The van der Waals surface area contributed by atoms with Gasteiger partial charge in [0.05, 0.1) is 10.6 Å². The largest absolute Gasteiger partial charge is 0.288 e. The van der Waals surface area contributed by atoms with Crippen molar-refractivity contribution in [3.8, 4) is 0 Å². The molecule has 0 saturated carbocycles. The van der Waals surface area contributed by atoms with E-state index in [-0.39, 0.29) is 0 Å². The second kappa shape index (κ2) is 5.20. The highest BCUT2D eigenvalue weighted by Crippen LogP contribution is 2.25. The van der Waals surface area contributed by atoms with E-state index in [1.54, 1.807) is 0 Å². The van der Waals surface area contributed by atoms with E-state index in [0.717, 1.165) is 0 Å². The minimum Gasteiger partial charge on any atom is -0.288 e. The van der Waals surface area contributed by atoms with Crippen molar-refractivity contribution in [2.75, 3.05) is 0 Å². The summed E-state index contributed by atoms with van der Waals surface area (Å²) in [6, 6.07) is 1.51. The van der Waals surface area contributed by atoms with Crippen molar-refractivity contribution >= 4 is 17.4 Å². The highest BCUT2D eigenvalue weighted by molar-refractivity contribution is 6.35. The van der Waals surface area contributed by atoms with E-state index in [2.05, 4.69) is 0 Å². The van der Waals surface area contributed by atoms with Crippen LogP contribution < -0.4 is 0 Å². The fourth-order valence-electron chi connectivity index (χ4n) is 1.59. The molecule has 0 N–H and O–H groups in total. The molecule has 0 unspecified atom stereocenters. The lowest BCUT2D eigenvalue weighted by atomic mass is 10.0. The molecule has 0 saturated heterocycles. The van der Waals surface area contributed by atoms with Crippen LogP contribution >= 0.6 is 11.6 Å². The third kappa shape index (κ3) is 2.51. The average molecular weight is 307 g/mol. The van der Waals surface area contributed by atoms with Gasteiger partial charge in [-0.15, -0.1) is 0 Å². The van der Waals surface area contributed by atoms with Crippen LogP contribution in [0.4, 0.5) is 22.0 Å². The first-order valence-electron chi connectivity index (χ1n) is 5.15. The summed E-state index contributed by atoms with van der Waals surface area (Å²) in [5.74, 6) is -8.18. The molecular weight excluding hydrogens is 303 g/mol. The van der Waals surface area contributed by atoms with Gasteiger partial charge in [-0.25, -0.2) is 22.0 Å². The van der Waals surface area contributed by atoms with Crippen molar-refractivity contribution in [1.82, 2.24) is 0 Å². The van der Waals surface area contributed by atoms with E-state index >= 15 is 0 Å². The lowest BCUT2D eigenvalue weighted by Crippen LogP contribution is -2.10. The van der Waals surface area contributed by atoms with Gasteiger partial charge in [-0.3, -0.25) is 4.79 Å². The monoisotopic (exact) mass is 306 g/mol. The second-order valence-electron chi connectivity index (χ2n) is 3.82. The predicted molar refractivity (Wildman–Crippen MR) is 61.1 cm³/mol. The maximum atomic E-state index is 13.4. The van der Waals surface area contributed by atoms with Crippen LogP contribution in [0.1, 0.15) is 15.9 Å². The summed E-state index contributed by atoms with van der Waals surface area (Å²) < 4.78 is 65.6. The number of halogens is 6. The molecule has 2 rings (SSSR count). The molecule has 0 aliphatic rings. The maximum absolute atomic E-state index is 13.4. The number of hydrogen-bond donors (Lipinski definition) is 0. The average Bonchev–Trinajstić information content (AvgIpc) is 2.32. The molecule has 0 spiro atoms. The smallest absolute Gasteiger partial charge is 0.200 e. The Morgan fingerprint density at radius 3 is 1.85 bits per heavy atom. The van der Waals surface area contributed by atoms with Crippen LogP contribution in [0, 0.1) is 29.1 Å². The Kier molecular flexibility index (Phi) is 3.76. The second-order valence-corrected chi connectivity index (χ2v) is 4.23. The molecule has 1 nitrogen and oxygen atoms in total. The molecule has 0 bridgehead atoms. The molecule has 0 aliphatic carbocycles. The molecule has 0 amide bonds. The summed E-state index contributed by atoms with van der Waals surface area (Å²) in [5.41, 5.74) is -1.73. The van der Waals surface area contributed by atoms with Gasteiger partial charge >= 0.3 is 0 Å². The Bertz CT molecular complexity index is 691. The Morgan fingerprint density at radius 1 is 0.800 bits per heavy atom. The molecule has 0 atom stereocenters. The number of hydrogen-bond acceptors (Lipinski definition) is 1. The molecule has 7 heteroatoms. The summed E-state index contributed by atoms with van der Waals surface area (Å²) in [6.07, 6.45) is 0. The van der Waals surface area contributed by atoms with Crippen molar-refractivity contribution in [1.29, 1.82) is 0 Å². The van der Waals surface area contributed by atoms with Gasteiger partial charge in [0.25, 0.3) is 0 Å². The van der Waals surface area contributed by atoms with Crippen molar-refractivity contribution in [2.45, 2.75) is 0 Å². The third-order valence-electron chi connectivity index (χ3n) is 2.49. The zero-order valence-corrected chi connectivity index (χ0v) is 10.2. The number of rotatable bonds is 2. The van der Waals surface area contributed by atoms with Gasteiger partial charge in [0.1, 0.15) is 17.5 Å². The zero-order chi connectivity index (χ0) is 15.0. The van der Waals surface area contributed by atoms with Gasteiger partial charge in [-0.2, -0.15) is 0 Å². The molecular formula is C13H4ClF5O. The molecule has 104 valence electrons. The van der Waals surface area contributed by atoms with Crippen LogP contribution in [0.2, 0.25) is 5.02 Å². The summed E-state index contributed by atoms with van der Waals surface area (Å²) in [6.45, 7) is 0. The maximum Gasteiger partial charge on any atom is 0.200 e. The minimum atomic E-state index is -1.46. The fourth-order valence-corrected chi connectivity index (χ4v) is 1.83. The van der Waals surface area contributed by atoms with Crippen LogP contribution in [0.25, 0.3) is 0 Å². The van der Waals surface area contributed by atoms with E-state index in [9.17, 15) is 26.7 Å². The van der Waals surface area contributed by atoms with Crippen molar-refractivity contribution in [3.63, 3.8) is 0 Å². The molecule has 0 aliphatic heterocycles. The summed E-state index contributed by atoms with van der Waals surface area (Å²) in [5, 5.41) is -0.517. The quantitative estimate of drug-likeness (QED) is 0.460. The van der Waals surface area contributed by atoms with Crippen LogP contribution in [0.3, 0.4) is 0 Å². The van der Waals surface area contributed by atoms with E-state index in [4.69, 9.17) is 11.6 Å². The van der Waals surface area contributed by atoms with Crippen LogP contribution in [0.15, 0.2) is 24.3 Å². The van der Waals surface area contributed by atoms with Crippen LogP contribution in [-0.4, -0.2) is 5.78 Å². The Labute approximate surface area is 114 Å². The first kappa shape index (κ1) is 14.5.